The lowest BCUT2D eigenvalue weighted by atomic mass is 10.1. The summed E-state index contributed by atoms with van der Waals surface area (Å²) >= 11 is 0. The second-order valence-corrected chi connectivity index (χ2v) is 5.10. The first-order chi connectivity index (χ1) is 9.52. The van der Waals surface area contributed by atoms with E-state index < -0.39 is 0 Å². The number of halogens is 1. The molecule has 2 aromatic rings. The van der Waals surface area contributed by atoms with E-state index in [1.807, 2.05) is 4.57 Å². The van der Waals surface area contributed by atoms with Gasteiger partial charge in [-0.05, 0) is 25.5 Å². The molecule has 0 fully saturated rings. The van der Waals surface area contributed by atoms with Gasteiger partial charge < -0.3 is 10.3 Å². The third-order valence-electron chi connectivity index (χ3n) is 3.36. The largest absolute Gasteiger partial charge is 0.326 e. The first kappa shape index (κ1) is 14.7. The average molecular weight is 277 g/mol. The fourth-order valence-electron chi connectivity index (χ4n) is 2.35. The maximum atomic E-state index is 13.3. The van der Waals surface area contributed by atoms with Crippen LogP contribution in [-0.4, -0.2) is 15.3 Å². The summed E-state index contributed by atoms with van der Waals surface area (Å²) in [5.74, 6) is 0.530. The summed E-state index contributed by atoms with van der Waals surface area (Å²) in [4.78, 5) is 15.7. The Morgan fingerprint density at radius 3 is 2.90 bits per heavy atom. The molecule has 1 aromatic carbocycles. The summed E-state index contributed by atoms with van der Waals surface area (Å²) in [5.41, 5.74) is 7.57. The molecule has 4 nitrogen and oxygen atoms in total. The van der Waals surface area contributed by atoms with Gasteiger partial charge in [0.05, 0.1) is 17.1 Å². The molecule has 0 amide bonds. The molecule has 2 N–H and O–H groups in total. The van der Waals surface area contributed by atoms with Crippen LogP contribution in [0.3, 0.4) is 0 Å². The average Bonchev–Trinajstić information content (AvgIpc) is 2.74. The maximum absolute atomic E-state index is 13.3. The molecule has 0 aliphatic carbocycles. The third-order valence-corrected chi connectivity index (χ3v) is 3.36. The number of nitrogens with zero attached hydrogens (tertiary/aromatic N) is 2. The number of aryl methyl sites for hydroxylation is 1. The molecule has 2 rings (SSSR count). The lowest BCUT2D eigenvalue weighted by Gasteiger charge is -2.13. The maximum Gasteiger partial charge on any atom is 0.131 e. The second-order valence-electron chi connectivity index (χ2n) is 5.10. The highest BCUT2D eigenvalue weighted by Crippen LogP contribution is 2.23. The zero-order chi connectivity index (χ0) is 14.7. The van der Waals surface area contributed by atoms with E-state index in [9.17, 15) is 9.18 Å². The molecule has 0 aliphatic heterocycles. The minimum atomic E-state index is -0.315. The number of benzene rings is 1. The van der Waals surface area contributed by atoms with Gasteiger partial charge in [-0.15, -0.1) is 0 Å². The van der Waals surface area contributed by atoms with Crippen molar-refractivity contribution in [1.29, 1.82) is 0 Å². The number of fused-ring (bicyclic) bond motifs is 1. The summed E-state index contributed by atoms with van der Waals surface area (Å²) < 4.78 is 15.2. The van der Waals surface area contributed by atoms with Crippen molar-refractivity contribution in [3.05, 3.63) is 29.8 Å². The number of carbonyl (C=O) groups is 1. The van der Waals surface area contributed by atoms with Crippen LogP contribution in [0, 0.1) is 5.82 Å². The molecule has 108 valence electrons. The fourth-order valence-corrected chi connectivity index (χ4v) is 2.35. The van der Waals surface area contributed by atoms with Gasteiger partial charge in [0.2, 0.25) is 0 Å². The Kier molecular flexibility index (Phi) is 4.49. The monoisotopic (exact) mass is 277 g/mol. The molecule has 20 heavy (non-hydrogen) atoms. The van der Waals surface area contributed by atoms with Crippen LogP contribution in [0.15, 0.2) is 18.2 Å². The van der Waals surface area contributed by atoms with Gasteiger partial charge in [-0.1, -0.05) is 13.3 Å². The van der Waals surface area contributed by atoms with E-state index in [2.05, 4.69) is 11.9 Å². The SMILES string of the molecule is CCCC(N)c1nc2cc(F)ccc2n1CCC(C)=O. The Labute approximate surface area is 117 Å². The van der Waals surface area contributed by atoms with E-state index in [1.165, 1.54) is 12.1 Å². The van der Waals surface area contributed by atoms with Crippen molar-refractivity contribution >= 4 is 16.8 Å². The van der Waals surface area contributed by atoms with Crippen molar-refractivity contribution in [1.82, 2.24) is 9.55 Å². The Morgan fingerprint density at radius 2 is 2.25 bits per heavy atom. The lowest BCUT2D eigenvalue weighted by molar-refractivity contribution is -0.117. The normalized spacial score (nSPS) is 12.8. The highest BCUT2D eigenvalue weighted by molar-refractivity contribution is 5.78. The van der Waals surface area contributed by atoms with Crippen LogP contribution in [0.4, 0.5) is 4.39 Å². The van der Waals surface area contributed by atoms with E-state index in [-0.39, 0.29) is 17.6 Å². The van der Waals surface area contributed by atoms with Gasteiger partial charge in [0, 0.05) is 19.0 Å². The molecule has 5 heteroatoms. The third kappa shape index (κ3) is 3.04. The Bertz CT molecular complexity index is 621. The van der Waals surface area contributed by atoms with Crippen LogP contribution in [0.25, 0.3) is 11.0 Å². The minimum Gasteiger partial charge on any atom is -0.326 e. The number of hydrogen-bond donors (Lipinski definition) is 1. The highest BCUT2D eigenvalue weighted by Gasteiger charge is 2.17. The van der Waals surface area contributed by atoms with Crippen LogP contribution < -0.4 is 5.73 Å². The Morgan fingerprint density at radius 1 is 1.50 bits per heavy atom. The molecule has 0 saturated carbocycles. The number of Topliss-reactive ketones (excluding diaryl/α,β-unsaturated/α-hetero) is 1. The molecule has 1 aromatic heterocycles. The Balaban J connectivity index is 2.47. The van der Waals surface area contributed by atoms with Crippen LogP contribution in [0.5, 0.6) is 0 Å². The van der Waals surface area contributed by atoms with Gasteiger partial charge in [-0.25, -0.2) is 9.37 Å². The van der Waals surface area contributed by atoms with Crippen molar-refractivity contribution in [2.45, 2.75) is 45.7 Å². The predicted molar refractivity (Wildman–Crippen MR) is 76.8 cm³/mol. The number of nitrogens with two attached hydrogens (primary N) is 1. The molecule has 1 atom stereocenters. The quantitative estimate of drug-likeness (QED) is 0.883. The molecule has 1 unspecified atom stereocenters. The number of carbonyl (C=O) groups excluding carboxylic acids is 1. The lowest BCUT2D eigenvalue weighted by Crippen LogP contribution is -2.17. The number of imidazole rings is 1. The summed E-state index contributed by atoms with van der Waals surface area (Å²) in [7, 11) is 0. The second kappa shape index (κ2) is 6.13. The van der Waals surface area contributed by atoms with E-state index in [0.717, 1.165) is 24.2 Å². The van der Waals surface area contributed by atoms with Crippen molar-refractivity contribution in [3.63, 3.8) is 0 Å². The van der Waals surface area contributed by atoms with Gasteiger partial charge in [0.15, 0.2) is 0 Å². The molecule has 1 heterocycles. The van der Waals surface area contributed by atoms with Crippen LogP contribution in [-0.2, 0) is 11.3 Å². The predicted octanol–water partition coefficient (Wildman–Crippen LogP) is 2.95. The summed E-state index contributed by atoms with van der Waals surface area (Å²) in [5, 5.41) is 0. The van der Waals surface area contributed by atoms with E-state index >= 15 is 0 Å². The van der Waals surface area contributed by atoms with Gasteiger partial charge in [-0.2, -0.15) is 0 Å². The summed E-state index contributed by atoms with van der Waals surface area (Å²) in [6, 6.07) is 4.31. The summed E-state index contributed by atoms with van der Waals surface area (Å²) in [6.45, 7) is 4.15. The minimum absolute atomic E-state index is 0.115. The standard InChI is InChI=1S/C15H20FN3O/c1-3-4-12(17)15-18-13-9-11(16)5-6-14(13)19(15)8-7-10(2)20/h5-6,9,12H,3-4,7-8,17H2,1-2H3. The number of hydrogen-bond acceptors (Lipinski definition) is 3. The van der Waals surface area contributed by atoms with E-state index in [1.54, 1.807) is 13.0 Å². The first-order valence-corrected chi connectivity index (χ1v) is 6.93. The van der Waals surface area contributed by atoms with Crippen LogP contribution in [0.1, 0.15) is 45.0 Å². The van der Waals surface area contributed by atoms with Gasteiger partial charge >= 0.3 is 0 Å². The molecule has 0 saturated heterocycles. The van der Waals surface area contributed by atoms with Crippen molar-refractivity contribution < 1.29 is 9.18 Å². The fraction of sp³-hybridized carbons (Fsp3) is 0.467. The molecule has 0 radical (unpaired) electrons. The van der Waals surface area contributed by atoms with Crippen molar-refractivity contribution in [2.24, 2.45) is 5.73 Å². The molecule has 0 bridgehead atoms. The van der Waals surface area contributed by atoms with E-state index in [4.69, 9.17) is 5.73 Å². The topological polar surface area (TPSA) is 60.9 Å². The van der Waals surface area contributed by atoms with Crippen molar-refractivity contribution in [3.8, 4) is 0 Å². The van der Waals surface area contributed by atoms with E-state index in [0.29, 0.717) is 18.5 Å². The van der Waals surface area contributed by atoms with Gasteiger partial charge in [0.25, 0.3) is 0 Å². The summed E-state index contributed by atoms with van der Waals surface area (Å²) in [6.07, 6.45) is 2.19. The number of rotatable bonds is 6. The van der Waals surface area contributed by atoms with Gasteiger partial charge in [0.1, 0.15) is 17.4 Å². The van der Waals surface area contributed by atoms with Crippen LogP contribution >= 0.6 is 0 Å². The Hall–Kier alpha value is -1.75. The molecule has 0 aliphatic rings. The molecular formula is C15H20FN3O. The zero-order valence-corrected chi connectivity index (χ0v) is 11.9. The van der Waals surface area contributed by atoms with Gasteiger partial charge in [-0.3, -0.25) is 4.79 Å². The molecular weight excluding hydrogens is 257 g/mol. The first-order valence-electron chi connectivity index (χ1n) is 6.93. The zero-order valence-electron chi connectivity index (χ0n) is 11.9. The number of ketones is 1. The highest BCUT2D eigenvalue weighted by atomic mass is 19.1. The van der Waals surface area contributed by atoms with Crippen LogP contribution in [0.2, 0.25) is 0 Å². The smallest absolute Gasteiger partial charge is 0.131 e. The molecule has 0 spiro atoms. The van der Waals surface area contributed by atoms with Crippen molar-refractivity contribution in [2.75, 3.05) is 0 Å². The number of aromatic nitrogens is 2.